The van der Waals surface area contributed by atoms with Gasteiger partial charge >= 0.3 is 0 Å². The molecule has 0 fully saturated rings. The summed E-state index contributed by atoms with van der Waals surface area (Å²) in [6.07, 6.45) is 2.05. The first-order valence-corrected chi connectivity index (χ1v) is 7.75. The van der Waals surface area contributed by atoms with E-state index in [0.29, 0.717) is 0 Å². The van der Waals surface area contributed by atoms with Crippen LogP contribution in [-0.4, -0.2) is 14.8 Å². The van der Waals surface area contributed by atoms with Gasteiger partial charge in [-0.15, -0.1) is 11.3 Å². The fourth-order valence-corrected chi connectivity index (χ4v) is 2.90. The van der Waals surface area contributed by atoms with Gasteiger partial charge in [0.2, 0.25) is 0 Å². The quantitative estimate of drug-likeness (QED) is 0.797. The fraction of sp³-hybridized carbons (Fsp3) is 0.250. The van der Waals surface area contributed by atoms with Crippen molar-refractivity contribution in [2.75, 3.05) is 5.32 Å². The van der Waals surface area contributed by atoms with E-state index in [1.54, 1.807) is 11.3 Å². The van der Waals surface area contributed by atoms with Crippen LogP contribution in [0, 0.1) is 13.8 Å². The lowest BCUT2D eigenvalue weighted by atomic mass is 10.1. The van der Waals surface area contributed by atoms with Crippen LogP contribution in [0.15, 0.2) is 35.8 Å². The van der Waals surface area contributed by atoms with Crippen molar-refractivity contribution in [2.45, 2.75) is 20.4 Å². The van der Waals surface area contributed by atoms with Gasteiger partial charge in [-0.05, 0) is 26.0 Å². The predicted octanol–water partition coefficient (Wildman–Crippen LogP) is 3.77. The summed E-state index contributed by atoms with van der Waals surface area (Å²) in [5.74, 6) is 0. The van der Waals surface area contributed by atoms with Gasteiger partial charge in [-0.2, -0.15) is 5.10 Å². The number of hydrogen-bond acceptors (Lipinski definition) is 4. The number of nitrogens with one attached hydrogen (secondary N) is 1. The second-order valence-corrected chi connectivity index (χ2v) is 6.16. The lowest BCUT2D eigenvalue weighted by Crippen LogP contribution is -1.99. The maximum Gasteiger partial charge on any atom is 0.0901 e. The third-order valence-electron chi connectivity index (χ3n) is 3.40. The second kappa shape index (κ2) is 5.69. The van der Waals surface area contributed by atoms with Gasteiger partial charge in [0.05, 0.1) is 16.4 Å². The maximum absolute atomic E-state index is 4.51. The van der Waals surface area contributed by atoms with E-state index in [1.807, 2.05) is 25.6 Å². The first kappa shape index (κ1) is 13.8. The Labute approximate surface area is 128 Å². The molecule has 1 N–H and O–H groups in total. The van der Waals surface area contributed by atoms with E-state index in [2.05, 4.69) is 51.2 Å². The zero-order valence-corrected chi connectivity index (χ0v) is 13.2. The molecule has 0 aliphatic rings. The van der Waals surface area contributed by atoms with Crippen molar-refractivity contribution in [1.29, 1.82) is 0 Å². The molecule has 0 saturated carbocycles. The van der Waals surface area contributed by atoms with Crippen LogP contribution >= 0.6 is 11.3 Å². The minimum Gasteiger partial charge on any atom is -0.381 e. The minimum absolute atomic E-state index is 0.787. The molecule has 0 bridgehead atoms. The number of aromatic nitrogens is 3. The monoisotopic (exact) mass is 298 g/mol. The molecular formula is C16H18N4S. The molecule has 3 rings (SSSR count). The third-order valence-corrected chi connectivity index (χ3v) is 4.17. The summed E-state index contributed by atoms with van der Waals surface area (Å²) in [6, 6.07) is 8.39. The highest BCUT2D eigenvalue weighted by molar-refractivity contribution is 7.09. The van der Waals surface area contributed by atoms with Crippen molar-refractivity contribution in [1.82, 2.24) is 14.8 Å². The lowest BCUT2D eigenvalue weighted by molar-refractivity contribution is 0.756. The van der Waals surface area contributed by atoms with Gasteiger partial charge in [0.25, 0.3) is 0 Å². The van der Waals surface area contributed by atoms with Crippen LogP contribution in [0.4, 0.5) is 5.69 Å². The van der Waals surface area contributed by atoms with Gasteiger partial charge in [0.15, 0.2) is 0 Å². The summed E-state index contributed by atoms with van der Waals surface area (Å²) in [4.78, 5) is 4.51. The van der Waals surface area contributed by atoms with Crippen molar-refractivity contribution < 1.29 is 0 Å². The molecule has 0 amide bonds. The molecular weight excluding hydrogens is 280 g/mol. The number of hydrogen-bond donors (Lipinski definition) is 1. The zero-order chi connectivity index (χ0) is 14.8. The summed E-state index contributed by atoms with van der Waals surface area (Å²) in [5, 5.41) is 11.0. The summed E-state index contributed by atoms with van der Waals surface area (Å²) in [5.41, 5.74) is 5.60. The molecule has 2 aromatic heterocycles. The van der Waals surface area contributed by atoms with Crippen LogP contribution in [0.3, 0.4) is 0 Å². The number of benzene rings is 1. The van der Waals surface area contributed by atoms with Crippen LogP contribution in [0.1, 0.15) is 16.3 Å². The Hall–Kier alpha value is -2.14. The van der Waals surface area contributed by atoms with Crippen LogP contribution in [0.2, 0.25) is 0 Å². The molecule has 0 aliphatic carbocycles. The Balaban J connectivity index is 1.68. The number of aryl methyl sites for hydroxylation is 3. The standard InChI is InChI=1S/C16H18N4S/c1-11-14(9-20(3)19-11)8-17-15-6-4-13(5-7-15)16-10-21-12(2)18-16/h4-7,9-10,17H,8H2,1-3H3. The Morgan fingerprint density at radius 3 is 2.52 bits per heavy atom. The van der Waals surface area contributed by atoms with Crippen LogP contribution in [0.5, 0.6) is 0 Å². The summed E-state index contributed by atoms with van der Waals surface area (Å²) in [7, 11) is 1.95. The van der Waals surface area contributed by atoms with Gasteiger partial charge in [-0.3, -0.25) is 4.68 Å². The van der Waals surface area contributed by atoms with Crippen molar-refractivity contribution in [3.63, 3.8) is 0 Å². The normalized spacial score (nSPS) is 10.8. The molecule has 2 heterocycles. The highest BCUT2D eigenvalue weighted by atomic mass is 32.1. The van der Waals surface area contributed by atoms with Gasteiger partial charge in [0, 0.05) is 42.0 Å². The largest absolute Gasteiger partial charge is 0.381 e. The average Bonchev–Trinajstić information content (AvgIpc) is 3.03. The van der Waals surface area contributed by atoms with Gasteiger partial charge in [-0.25, -0.2) is 4.98 Å². The molecule has 0 spiro atoms. The van der Waals surface area contributed by atoms with E-state index < -0.39 is 0 Å². The smallest absolute Gasteiger partial charge is 0.0901 e. The molecule has 0 radical (unpaired) electrons. The Morgan fingerprint density at radius 1 is 1.19 bits per heavy atom. The third kappa shape index (κ3) is 3.13. The summed E-state index contributed by atoms with van der Waals surface area (Å²) < 4.78 is 1.85. The number of nitrogens with zero attached hydrogens (tertiary/aromatic N) is 3. The van der Waals surface area contributed by atoms with Crippen molar-refractivity contribution in [3.8, 4) is 11.3 Å². The number of thiazole rings is 1. The molecule has 21 heavy (non-hydrogen) atoms. The summed E-state index contributed by atoms with van der Waals surface area (Å²) in [6.45, 7) is 4.85. The van der Waals surface area contributed by atoms with E-state index in [0.717, 1.165) is 34.2 Å². The molecule has 108 valence electrons. The second-order valence-electron chi connectivity index (χ2n) is 5.10. The topological polar surface area (TPSA) is 42.7 Å². The average molecular weight is 298 g/mol. The van der Waals surface area contributed by atoms with E-state index in [-0.39, 0.29) is 0 Å². The first-order valence-electron chi connectivity index (χ1n) is 6.87. The Morgan fingerprint density at radius 2 is 1.95 bits per heavy atom. The van der Waals surface area contributed by atoms with E-state index in [1.165, 1.54) is 5.56 Å². The highest BCUT2D eigenvalue weighted by Crippen LogP contribution is 2.23. The lowest BCUT2D eigenvalue weighted by Gasteiger charge is -2.06. The molecule has 0 aliphatic heterocycles. The van der Waals surface area contributed by atoms with Crippen molar-refractivity contribution in [3.05, 3.63) is 52.1 Å². The Bertz CT molecular complexity index is 740. The molecule has 0 saturated heterocycles. The number of rotatable bonds is 4. The van der Waals surface area contributed by atoms with Crippen LogP contribution in [0.25, 0.3) is 11.3 Å². The molecule has 4 nitrogen and oxygen atoms in total. The molecule has 3 aromatic rings. The fourth-order valence-electron chi connectivity index (χ4n) is 2.27. The highest BCUT2D eigenvalue weighted by Gasteiger charge is 2.04. The Kier molecular flexibility index (Phi) is 3.75. The molecule has 5 heteroatoms. The predicted molar refractivity (Wildman–Crippen MR) is 87.6 cm³/mol. The van der Waals surface area contributed by atoms with E-state index in [4.69, 9.17) is 0 Å². The number of anilines is 1. The maximum atomic E-state index is 4.51. The van der Waals surface area contributed by atoms with Crippen LogP contribution < -0.4 is 5.32 Å². The van der Waals surface area contributed by atoms with Crippen molar-refractivity contribution in [2.24, 2.45) is 7.05 Å². The first-order chi connectivity index (χ1) is 10.1. The van der Waals surface area contributed by atoms with Crippen molar-refractivity contribution >= 4 is 17.0 Å². The summed E-state index contributed by atoms with van der Waals surface area (Å²) >= 11 is 1.68. The zero-order valence-electron chi connectivity index (χ0n) is 12.4. The minimum atomic E-state index is 0.787. The molecule has 0 atom stereocenters. The van der Waals surface area contributed by atoms with Crippen LogP contribution in [-0.2, 0) is 13.6 Å². The molecule has 0 unspecified atom stereocenters. The van der Waals surface area contributed by atoms with Gasteiger partial charge < -0.3 is 5.32 Å². The molecule has 1 aromatic carbocycles. The van der Waals surface area contributed by atoms with Gasteiger partial charge in [-0.1, -0.05) is 12.1 Å². The SMILES string of the molecule is Cc1nc(-c2ccc(NCc3cn(C)nc3C)cc2)cs1. The van der Waals surface area contributed by atoms with E-state index in [9.17, 15) is 0 Å². The van der Waals surface area contributed by atoms with Gasteiger partial charge in [0.1, 0.15) is 0 Å². The van der Waals surface area contributed by atoms with E-state index >= 15 is 0 Å².